The van der Waals surface area contributed by atoms with Gasteiger partial charge in [-0.15, -0.1) is 0 Å². The Balaban J connectivity index is 2.39. The van der Waals surface area contributed by atoms with Crippen LogP contribution in [-0.2, 0) is 0 Å². The van der Waals surface area contributed by atoms with Crippen LogP contribution in [0.1, 0.15) is 26.1 Å². The molecule has 3 N–H and O–H groups in total. The molecule has 0 bridgehead atoms. The van der Waals surface area contributed by atoms with Gasteiger partial charge in [0.1, 0.15) is 17.5 Å². The van der Waals surface area contributed by atoms with E-state index < -0.39 is 0 Å². The molecule has 0 saturated carbocycles. The predicted octanol–water partition coefficient (Wildman–Crippen LogP) is 1.51. The average Bonchev–Trinajstić information content (AvgIpc) is 2.26. The number of nitrogen functional groups attached to an aromatic ring is 1. The lowest BCUT2D eigenvalue weighted by Gasteiger charge is -2.19. The van der Waals surface area contributed by atoms with E-state index in [1.807, 2.05) is 6.92 Å². The molecule has 0 aliphatic rings. The molecule has 1 aromatic rings. The Morgan fingerprint density at radius 1 is 1.29 bits per heavy atom. The number of nitrogens with one attached hydrogen (secondary N) is 1. The normalized spacial score (nSPS) is 10.8. The number of hydrogen-bond donors (Lipinski definition) is 2. The second-order valence-corrected chi connectivity index (χ2v) is 4.09. The minimum atomic E-state index is 0.515. The Hall–Kier alpha value is -1.36. The molecule has 0 aromatic carbocycles. The Morgan fingerprint density at radius 3 is 2.65 bits per heavy atom. The highest BCUT2D eigenvalue weighted by molar-refractivity contribution is 5.44. The first-order chi connectivity index (χ1) is 8.15. The Bertz CT molecular complexity index is 319. The van der Waals surface area contributed by atoms with Gasteiger partial charge in [-0.3, -0.25) is 0 Å². The lowest BCUT2D eigenvalue weighted by atomic mass is 10.4. The van der Waals surface area contributed by atoms with Crippen LogP contribution in [0.15, 0.2) is 6.07 Å². The van der Waals surface area contributed by atoms with Crippen molar-refractivity contribution in [1.82, 2.24) is 14.9 Å². The minimum Gasteiger partial charge on any atom is -0.384 e. The third-order valence-corrected chi connectivity index (χ3v) is 2.58. The summed E-state index contributed by atoms with van der Waals surface area (Å²) in [7, 11) is 0. The molecule has 17 heavy (non-hydrogen) atoms. The van der Waals surface area contributed by atoms with Gasteiger partial charge in [0.05, 0.1) is 0 Å². The van der Waals surface area contributed by atoms with Crippen LogP contribution in [0.25, 0.3) is 0 Å². The topological polar surface area (TPSA) is 67.1 Å². The van der Waals surface area contributed by atoms with E-state index in [1.165, 1.54) is 6.42 Å². The molecule has 1 aromatic heterocycles. The second kappa shape index (κ2) is 7.06. The summed E-state index contributed by atoms with van der Waals surface area (Å²) in [6, 6.07) is 1.77. The molecule has 0 fully saturated rings. The standard InChI is InChI=1S/C12H23N5/c1-4-7-17(5-2)8-6-14-12-9-11(13)15-10(3)16-12/h9H,4-8H2,1-3H3,(H3,13,14,15,16). The van der Waals surface area contributed by atoms with Crippen molar-refractivity contribution in [3.8, 4) is 0 Å². The molecule has 0 amide bonds. The first kappa shape index (κ1) is 13.7. The number of aryl methyl sites for hydroxylation is 1. The minimum absolute atomic E-state index is 0.515. The summed E-state index contributed by atoms with van der Waals surface area (Å²) in [6.07, 6.45) is 1.19. The van der Waals surface area contributed by atoms with Crippen LogP contribution in [0, 0.1) is 6.92 Å². The van der Waals surface area contributed by atoms with Gasteiger partial charge in [-0.05, 0) is 26.4 Å². The van der Waals surface area contributed by atoms with Gasteiger partial charge in [0.25, 0.3) is 0 Å². The second-order valence-electron chi connectivity index (χ2n) is 4.09. The fourth-order valence-electron chi connectivity index (χ4n) is 1.77. The SMILES string of the molecule is CCCN(CC)CCNc1cc(N)nc(C)n1. The van der Waals surface area contributed by atoms with E-state index in [4.69, 9.17) is 5.73 Å². The van der Waals surface area contributed by atoms with Crippen LogP contribution in [-0.4, -0.2) is 41.0 Å². The fraction of sp³-hybridized carbons (Fsp3) is 0.667. The zero-order valence-electron chi connectivity index (χ0n) is 11.0. The molecule has 5 heteroatoms. The molecular weight excluding hydrogens is 214 g/mol. The molecule has 96 valence electrons. The molecule has 0 radical (unpaired) electrons. The van der Waals surface area contributed by atoms with Crippen molar-refractivity contribution in [2.75, 3.05) is 37.2 Å². The number of rotatable bonds is 7. The van der Waals surface area contributed by atoms with E-state index in [0.29, 0.717) is 11.6 Å². The Kier molecular flexibility index (Phi) is 5.69. The van der Waals surface area contributed by atoms with E-state index in [-0.39, 0.29) is 0 Å². The maximum atomic E-state index is 5.66. The summed E-state index contributed by atoms with van der Waals surface area (Å²) >= 11 is 0. The van der Waals surface area contributed by atoms with E-state index in [0.717, 1.165) is 32.0 Å². The molecule has 0 atom stereocenters. The average molecular weight is 237 g/mol. The highest BCUT2D eigenvalue weighted by atomic mass is 15.1. The van der Waals surface area contributed by atoms with Crippen LogP contribution in [0.5, 0.6) is 0 Å². The molecule has 0 unspecified atom stereocenters. The summed E-state index contributed by atoms with van der Waals surface area (Å²) in [4.78, 5) is 10.7. The number of anilines is 2. The summed E-state index contributed by atoms with van der Waals surface area (Å²) in [6.45, 7) is 10.4. The smallest absolute Gasteiger partial charge is 0.131 e. The number of aromatic nitrogens is 2. The van der Waals surface area contributed by atoms with Gasteiger partial charge >= 0.3 is 0 Å². The first-order valence-electron chi connectivity index (χ1n) is 6.23. The van der Waals surface area contributed by atoms with Crippen LogP contribution in [0.2, 0.25) is 0 Å². The summed E-state index contributed by atoms with van der Waals surface area (Å²) in [5, 5.41) is 3.28. The summed E-state index contributed by atoms with van der Waals surface area (Å²) in [5.74, 6) is 2.02. The number of likely N-dealkylation sites (N-methyl/N-ethyl adjacent to an activating group) is 1. The predicted molar refractivity (Wildman–Crippen MR) is 72.1 cm³/mol. The molecule has 0 aliphatic carbocycles. The lowest BCUT2D eigenvalue weighted by Crippen LogP contribution is -2.29. The fourth-order valence-corrected chi connectivity index (χ4v) is 1.77. The molecule has 1 heterocycles. The van der Waals surface area contributed by atoms with Gasteiger partial charge in [-0.1, -0.05) is 13.8 Å². The van der Waals surface area contributed by atoms with Gasteiger partial charge in [0, 0.05) is 19.2 Å². The molecule has 0 saturated heterocycles. The van der Waals surface area contributed by atoms with Crippen molar-refractivity contribution >= 4 is 11.6 Å². The number of hydrogen-bond acceptors (Lipinski definition) is 5. The third kappa shape index (κ3) is 4.99. The lowest BCUT2D eigenvalue weighted by molar-refractivity contribution is 0.300. The Labute approximate surface area is 103 Å². The maximum absolute atomic E-state index is 5.66. The van der Waals surface area contributed by atoms with Crippen molar-refractivity contribution in [2.24, 2.45) is 0 Å². The quantitative estimate of drug-likeness (QED) is 0.752. The number of nitrogens with two attached hydrogens (primary N) is 1. The molecule has 5 nitrogen and oxygen atoms in total. The Morgan fingerprint density at radius 2 is 2.06 bits per heavy atom. The van der Waals surface area contributed by atoms with Crippen molar-refractivity contribution in [3.05, 3.63) is 11.9 Å². The number of nitrogens with zero attached hydrogens (tertiary/aromatic N) is 3. The van der Waals surface area contributed by atoms with Crippen molar-refractivity contribution in [3.63, 3.8) is 0 Å². The highest BCUT2D eigenvalue weighted by Crippen LogP contribution is 2.07. The van der Waals surface area contributed by atoms with Crippen LogP contribution in [0.3, 0.4) is 0 Å². The van der Waals surface area contributed by atoms with Crippen molar-refractivity contribution < 1.29 is 0 Å². The zero-order valence-corrected chi connectivity index (χ0v) is 11.0. The van der Waals surface area contributed by atoms with Crippen molar-refractivity contribution in [2.45, 2.75) is 27.2 Å². The maximum Gasteiger partial charge on any atom is 0.131 e. The van der Waals surface area contributed by atoms with Crippen LogP contribution < -0.4 is 11.1 Å². The van der Waals surface area contributed by atoms with E-state index in [1.54, 1.807) is 6.07 Å². The van der Waals surface area contributed by atoms with Crippen LogP contribution >= 0.6 is 0 Å². The van der Waals surface area contributed by atoms with Crippen molar-refractivity contribution in [1.29, 1.82) is 0 Å². The van der Waals surface area contributed by atoms with Gasteiger partial charge in [0.2, 0.25) is 0 Å². The van der Waals surface area contributed by atoms with Gasteiger partial charge in [0.15, 0.2) is 0 Å². The van der Waals surface area contributed by atoms with E-state index in [9.17, 15) is 0 Å². The van der Waals surface area contributed by atoms with Gasteiger partial charge < -0.3 is 16.0 Å². The summed E-state index contributed by atoms with van der Waals surface area (Å²) in [5.41, 5.74) is 5.66. The molecular formula is C12H23N5. The molecule has 0 spiro atoms. The largest absolute Gasteiger partial charge is 0.384 e. The zero-order chi connectivity index (χ0) is 12.7. The van der Waals surface area contributed by atoms with Gasteiger partial charge in [-0.2, -0.15) is 0 Å². The first-order valence-corrected chi connectivity index (χ1v) is 6.23. The van der Waals surface area contributed by atoms with E-state index >= 15 is 0 Å². The summed E-state index contributed by atoms with van der Waals surface area (Å²) < 4.78 is 0. The third-order valence-electron chi connectivity index (χ3n) is 2.58. The highest BCUT2D eigenvalue weighted by Gasteiger charge is 2.02. The van der Waals surface area contributed by atoms with E-state index in [2.05, 4.69) is 34.0 Å². The van der Waals surface area contributed by atoms with Gasteiger partial charge in [-0.25, -0.2) is 9.97 Å². The molecule has 0 aliphatic heterocycles. The monoisotopic (exact) mass is 237 g/mol. The molecule has 1 rings (SSSR count). The van der Waals surface area contributed by atoms with Crippen LogP contribution in [0.4, 0.5) is 11.6 Å².